The van der Waals surface area contributed by atoms with Crippen molar-refractivity contribution in [2.24, 2.45) is 4.99 Å². The molecule has 1 unspecified atom stereocenters. The van der Waals surface area contributed by atoms with Crippen molar-refractivity contribution in [3.8, 4) is 5.75 Å². The average Bonchev–Trinajstić information content (AvgIpc) is 2.38. The lowest BCUT2D eigenvalue weighted by Gasteiger charge is -2.11. The Morgan fingerprint density at radius 1 is 1.11 bits per heavy atom. The third kappa shape index (κ3) is 2.92. The van der Waals surface area contributed by atoms with Gasteiger partial charge in [0.1, 0.15) is 5.75 Å². The maximum atomic E-state index is 10.8. The second-order valence-electron chi connectivity index (χ2n) is 3.67. The highest BCUT2D eigenvalue weighted by molar-refractivity contribution is 5.85. The summed E-state index contributed by atoms with van der Waals surface area (Å²) >= 11 is 0. The van der Waals surface area contributed by atoms with E-state index in [-0.39, 0.29) is 11.4 Å². The topological polar surface area (TPSA) is 80.3 Å². The number of para-hydroxylation sites is 1. The highest BCUT2D eigenvalue weighted by Crippen LogP contribution is 2.17. The number of hydrogen-bond acceptors (Lipinski definition) is 4. The largest absolute Gasteiger partial charge is 0.595 e. The number of hydrogen-bond donors (Lipinski definition) is 3. The average molecular weight is 244 g/mol. The third-order valence-electron chi connectivity index (χ3n) is 2.38. The SMILES string of the molecule is [O-][NH+](O)c1cccc(N=Cc2ccccc2O)c1. The molecule has 0 fully saturated rings. The van der Waals surface area contributed by atoms with E-state index < -0.39 is 5.23 Å². The summed E-state index contributed by atoms with van der Waals surface area (Å²) in [7, 11) is 0. The Bertz CT molecular complexity index is 568. The molecule has 2 rings (SSSR count). The Hall–Kier alpha value is -2.21. The summed E-state index contributed by atoms with van der Waals surface area (Å²) in [6.45, 7) is 0. The summed E-state index contributed by atoms with van der Waals surface area (Å²) in [5.41, 5.74) is 1.29. The van der Waals surface area contributed by atoms with Crippen molar-refractivity contribution in [3.63, 3.8) is 0 Å². The number of phenols is 1. The summed E-state index contributed by atoms with van der Waals surface area (Å²) in [5.74, 6) is 0.135. The molecule has 0 aliphatic rings. The van der Waals surface area contributed by atoms with Crippen LogP contribution in [0.2, 0.25) is 0 Å². The lowest BCUT2D eigenvalue weighted by molar-refractivity contribution is -0.991. The van der Waals surface area contributed by atoms with E-state index in [1.54, 1.807) is 36.4 Å². The fourth-order valence-corrected chi connectivity index (χ4v) is 1.46. The molecule has 0 saturated heterocycles. The quantitative estimate of drug-likeness (QED) is 0.566. The van der Waals surface area contributed by atoms with Crippen molar-refractivity contribution in [2.45, 2.75) is 0 Å². The second-order valence-corrected chi connectivity index (χ2v) is 3.67. The second kappa shape index (κ2) is 5.42. The Labute approximate surface area is 104 Å². The number of nitrogens with zero attached hydrogens (tertiary/aromatic N) is 1. The molecule has 92 valence electrons. The van der Waals surface area contributed by atoms with E-state index in [1.165, 1.54) is 18.3 Å². The molecule has 1 atom stereocenters. The van der Waals surface area contributed by atoms with Gasteiger partial charge >= 0.3 is 0 Å². The smallest absolute Gasteiger partial charge is 0.165 e. The molecule has 0 heterocycles. The van der Waals surface area contributed by atoms with Gasteiger partial charge in [-0.3, -0.25) is 4.99 Å². The number of benzene rings is 2. The van der Waals surface area contributed by atoms with E-state index in [9.17, 15) is 10.3 Å². The van der Waals surface area contributed by atoms with Gasteiger partial charge in [0.2, 0.25) is 0 Å². The predicted molar refractivity (Wildman–Crippen MR) is 67.6 cm³/mol. The minimum atomic E-state index is -0.991. The number of aliphatic imine (C=N–C) groups is 1. The first-order chi connectivity index (χ1) is 8.66. The molecule has 0 spiro atoms. The fraction of sp³-hybridized carbons (Fsp3) is 0. The van der Waals surface area contributed by atoms with Gasteiger partial charge in [-0.1, -0.05) is 18.2 Å². The molecule has 0 aliphatic carbocycles. The van der Waals surface area contributed by atoms with Crippen LogP contribution in [0, 0.1) is 5.21 Å². The molecule has 0 bridgehead atoms. The minimum Gasteiger partial charge on any atom is -0.595 e. The zero-order valence-corrected chi connectivity index (χ0v) is 9.45. The third-order valence-corrected chi connectivity index (χ3v) is 2.38. The zero-order chi connectivity index (χ0) is 13.0. The van der Waals surface area contributed by atoms with Crippen LogP contribution in [0.3, 0.4) is 0 Å². The molecule has 0 radical (unpaired) electrons. The molecule has 3 N–H and O–H groups in total. The van der Waals surface area contributed by atoms with Crippen LogP contribution in [0.25, 0.3) is 0 Å². The molecule has 2 aromatic rings. The maximum Gasteiger partial charge on any atom is 0.165 e. The van der Waals surface area contributed by atoms with E-state index in [4.69, 9.17) is 5.21 Å². The molecule has 0 aromatic heterocycles. The van der Waals surface area contributed by atoms with Gasteiger partial charge in [0.05, 0.1) is 5.69 Å². The number of phenolic OH excluding ortho intramolecular Hbond substituents is 1. The monoisotopic (exact) mass is 244 g/mol. The van der Waals surface area contributed by atoms with Crippen LogP contribution >= 0.6 is 0 Å². The van der Waals surface area contributed by atoms with Gasteiger partial charge in [0.15, 0.2) is 5.69 Å². The molecule has 5 heteroatoms. The summed E-state index contributed by atoms with van der Waals surface area (Å²) in [4.78, 5) is 4.13. The minimum absolute atomic E-state index is 0.135. The highest BCUT2D eigenvalue weighted by atomic mass is 16.8. The van der Waals surface area contributed by atoms with E-state index in [0.29, 0.717) is 11.3 Å². The first-order valence-electron chi connectivity index (χ1n) is 5.32. The van der Waals surface area contributed by atoms with Crippen LogP contribution < -0.4 is 5.23 Å². The van der Waals surface area contributed by atoms with Crippen molar-refractivity contribution >= 4 is 17.6 Å². The standard InChI is InChI=1S/C13H12N2O3/c16-13-7-2-1-4-10(13)9-14-11-5-3-6-12(8-11)15(17)18/h1-9,15-17H. The number of aromatic hydroxyl groups is 1. The van der Waals surface area contributed by atoms with Crippen LogP contribution in [0.1, 0.15) is 5.56 Å². The molecule has 5 nitrogen and oxygen atoms in total. The van der Waals surface area contributed by atoms with E-state index in [0.717, 1.165) is 0 Å². The molecule has 0 amide bonds. The van der Waals surface area contributed by atoms with E-state index in [1.807, 2.05) is 0 Å². The van der Waals surface area contributed by atoms with Gasteiger partial charge in [-0.2, -0.15) is 5.23 Å². The lowest BCUT2D eigenvalue weighted by atomic mass is 10.2. The van der Waals surface area contributed by atoms with Crippen molar-refractivity contribution in [2.75, 3.05) is 0 Å². The fourth-order valence-electron chi connectivity index (χ4n) is 1.46. The van der Waals surface area contributed by atoms with Gasteiger partial charge < -0.3 is 10.3 Å². The molecule has 0 saturated carbocycles. The lowest BCUT2D eigenvalue weighted by Crippen LogP contribution is -2.99. The van der Waals surface area contributed by atoms with E-state index >= 15 is 0 Å². The molecule has 0 aliphatic heterocycles. The molecule has 18 heavy (non-hydrogen) atoms. The van der Waals surface area contributed by atoms with Crippen LogP contribution in [0.5, 0.6) is 5.75 Å². The summed E-state index contributed by atoms with van der Waals surface area (Å²) in [6, 6.07) is 13.1. The number of nitrogens with one attached hydrogen (secondary N) is 1. The van der Waals surface area contributed by atoms with Crippen molar-refractivity contribution in [3.05, 3.63) is 59.3 Å². The van der Waals surface area contributed by atoms with Gasteiger partial charge in [-0.15, -0.1) is 0 Å². The van der Waals surface area contributed by atoms with E-state index in [2.05, 4.69) is 4.99 Å². The summed E-state index contributed by atoms with van der Waals surface area (Å²) in [5, 5.41) is 28.2. The highest BCUT2D eigenvalue weighted by Gasteiger charge is 2.00. The van der Waals surface area contributed by atoms with Gasteiger partial charge in [0, 0.05) is 23.9 Å². The van der Waals surface area contributed by atoms with Crippen LogP contribution in [0.15, 0.2) is 53.5 Å². The normalized spacial score (nSPS) is 12.8. The van der Waals surface area contributed by atoms with Crippen molar-refractivity contribution in [1.82, 2.24) is 0 Å². The van der Waals surface area contributed by atoms with Crippen molar-refractivity contribution in [1.29, 1.82) is 0 Å². The Kier molecular flexibility index (Phi) is 3.69. The van der Waals surface area contributed by atoms with Gasteiger partial charge in [-0.05, 0) is 18.2 Å². The number of rotatable bonds is 3. The molecular weight excluding hydrogens is 232 g/mol. The van der Waals surface area contributed by atoms with Gasteiger partial charge in [0.25, 0.3) is 0 Å². The maximum absolute atomic E-state index is 10.8. The van der Waals surface area contributed by atoms with Gasteiger partial charge in [-0.25, -0.2) is 5.21 Å². The first-order valence-corrected chi connectivity index (χ1v) is 5.32. The first kappa shape index (κ1) is 12.3. The van der Waals surface area contributed by atoms with Crippen LogP contribution in [-0.2, 0) is 0 Å². The predicted octanol–water partition coefficient (Wildman–Crippen LogP) is 1.55. The summed E-state index contributed by atoms with van der Waals surface area (Å²) < 4.78 is 0. The Balaban J connectivity index is 2.24. The van der Waals surface area contributed by atoms with Crippen LogP contribution in [0.4, 0.5) is 11.4 Å². The summed E-state index contributed by atoms with van der Waals surface area (Å²) in [6.07, 6.45) is 1.50. The molecule has 2 aromatic carbocycles. The van der Waals surface area contributed by atoms with Crippen molar-refractivity contribution < 1.29 is 15.5 Å². The Morgan fingerprint density at radius 3 is 2.61 bits per heavy atom. The molecular formula is C13H12N2O3. The Morgan fingerprint density at radius 2 is 1.89 bits per heavy atom. The van der Waals surface area contributed by atoms with Crippen LogP contribution in [-0.4, -0.2) is 16.5 Å². The number of quaternary nitrogens is 1. The zero-order valence-electron chi connectivity index (χ0n) is 9.45.